The van der Waals surface area contributed by atoms with Crippen molar-refractivity contribution in [2.75, 3.05) is 25.5 Å². The monoisotopic (exact) mass is 353 g/mol. The minimum Gasteiger partial charge on any atom is -0.477 e. The third kappa shape index (κ3) is 3.69. The molecule has 0 unspecified atom stereocenters. The van der Waals surface area contributed by atoms with Crippen LogP contribution in [0.1, 0.15) is 16.8 Å². The van der Waals surface area contributed by atoms with Gasteiger partial charge in [0.1, 0.15) is 0 Å². The molecule has 3 rings (SSSR count). The maximum absolute atomic E-state index is 11.7. The molecule has 8 heteroatoms. The lowest BCUT2D eigenvalue weighted by Gasteiger charge is -2.31. The highest BCUT2D eigenvalue weighted by molar-refractivity contribution is 5.99. The van der Waals surface area contributed by atoms with Gasteiger partial charge in [-0.25, -0.2) is 4.79 Å². The average Bonchev–Trinajstić information content (AvgIpc) is 3.00. The SMILES string of the molecule is CO[C@@H]1CCNC[C@@H]1Nc1noc(-c2ccccc2)c1C(=O)O.Cl. The molecular formula is C16H20ClN3O4. The Morgan fingerprint density at radius 2 is 2.17 bits per heavy atom. The fourth-order valence-electron chi connectivity index (χ4n) is 2.81. The summed E-state index contributed by atoms with van der Waals surface area (Å²) in [5.41, 5.74) is 0.715. The molecule has 1 aromatic carbocycles. The van der Waals surface area contributed by atoms with Crippen LogP contribution < -0.4 is 10.6 Å². The van der Waals surface area contributed by atoms with Gasteiger partial charge in [-0.1, -0.05) is 35.5 Å². The molecule has 1 fully saturated rings. The molecule has 24 heavy (non-hydrogen) atoms. The van der Waals surface area contributed by atoms with Crippen molar-refractivity contribution in [3.05, 3.63) is 35.9 Å². The van der Waals surface area contributed by atoms with Crippen molar-refractivity contribution >= 4 is 24.2 Å². The van der Waals surface area contributed by atoms with Crippen LogP contribution in [0.5, 0.6) is 0 Å². The Balaban J connectivity index is 0.00000208. The lowest BCUT2D eigenvalue weighted by atomic mass is 10.0. The Kier molecular flexibility index (Phi) is 6.19. The summed E-state index contributed by atoms with van der Waals surface area (Å²) in [5.74, 6) is -0.601. The molecule has 7 nitrogen and oxygen atoms in total. The Morgan fingerprint density at radius 3 is 2.83 bits per heavy atom. The number of nitrogens with one attached hydrogen (secondary N) is 2. The highest BCUT2D eigenvalue weighted by Gasteiger charge is 2.30. The van der Waals surface area contributed by atoms with Crippen molar-refractivity contribution in [2.24, 2.45) is 0 Å². The van der Waals surface area contributed by atoms with Gasteiger partial charge in [-0.2, -0.15) is 0 Å². The summed E-state index contributed by atoms with van der Waals surface area (Å²) < 4.78 is 10.8. The second kappa shape index (κ2) is 8.14. The van der Waals surface area contributed by atoms with Crippen LogP contribution >= 0.6 is 12.4 Å². The van der Waals surface area contributed by atoms with Crippen molar-refractivity contribution < 1.29 is 19.2 Å². The number of nitrogens with zero attached hydrogens (tertiary/aromatic N) is 1. The highest BCUT2D eigenvalue weighted by Crippen LogP contribution is 2.30. The number of ether oxygens (including phenoxy) is 1. The molecule has 3 N–H and O–H groups in total. The number of aromatic nitrogens is 1. The topological polar surface area (TPSA) is 96.6 Å². The standard InChI is InChI=1S/C16H19N3O4.ClH/c1-22-12-7-8-17-9-11(12)18-15-13(16(20)21)14(23-19-15)10-5-3-2-4-6-10;/h2-6,11-12,17H,7-9H2,1H3,(H,18,19)(H,20,21);1H/t11-,12+;/m0./s1. The summed E-state index contributed by atoms with van der Waals surface area (Å²) in [6.45, 7) is 1.54. The molecule has 0 spiro atoms. The van der Waals surface area contributed by atoms with E-state index in [4.69, 9.17) is 9.26 Å². The third-order valence-electron chi connectivity index (χ3n) is 3.99. The van der Waals surface area contributed by atoms with E-state index in [0.29, 0.717) is 12.1 Å². The van der Waals surface area contributed by atoms with Gasteiger partial charge in [0.05, 0.1) is 12.1 Å². The first-order valence-corrected chi connectivity index (χ1v) is 7.49. The molecule has 0 radical (unpaired) electrons. The highest BCUT2D eigenvalue weighted by atomic mass is 35.5. The van der Waals surface area contributed by atoms with Gasteiger partial charge < -0.3 is 25.0 Å². The molecule has 1 aliphatic heterocycles. The molecular weight excluding hydrogens is 334 g/mol. The fraction of sp³-hybridized carbons (Fsp3) is 0.375. The summed E-state index contributed by atoms with van der Waals surface area (Å²) in [6.07, 6.45) is 0.842. The van der Waals surface area contributed by atoms with Gasteiger partial charge in [-0.3, -0.25) is 0 Å². The van der Waals surface area contributed by atoms with Crippen molar-refractivity contribution in [1.29, 1.82) is 0 Å². The Labute approximate surface area is 145 Å². The van der Waals surface area contributed by atoms with Gasteiger partial charge >= 0.3 is 5.97 Å². The smallest absolute Gasteiger partial charge is 0.343 e. The number of carboxylic acids is 1. The number of anilines is 1. The van der Waals surface area contributed by atoms with E-state index in [9.17, 15) is 9.90 Å². The fourth-order valence-corrected chi connectivity index (χ4v) is 2.81. The van der Waals surface area contributed by atoms with E-state index in [0.717, 1.165) is 13.0 Å². The van der Waals surface area contributed by atoms with Crippen LogP contribution in [-0.2, 0) is 4.74 Å². The molecule has 130 valence electrons. The predicted molar refractivity (Wildman–Crippen MR) is 91.8 cm³/mol. The van der Waals surface area contributed by atoms with E-state index in [2.05, 4.69) is 15.8 Å². The number of rotatable bonds is 5. The van der Waals surface area contributed by atoms with Crippen LogP contribution in [0.25, 0.3) is 11.3 Å². The lowest BCUT2D eigenvalue weighted by molar-refractivity contribution is 0.0656. The van der Waals surface area contributed by atoms with Crippen molar-refractivity contribution in [3.63, 3.8) is 0 Å². The molecule has 1 aromatic heterocycles. The first-order valence-electron chi connectivity index (χ1n) is 7.49. The number of benzene rings is 1. The minimum absolute atomic E-state index is 0. The van der Waals surface area contributed by atoms with Crippen molar-refractivity contribution in [1.82, 2.24) is 10.5 Å². The zero-order chi connectivity index (χ0) is 16.2. The molecule has 1 saturated heterocycles. The van der Waals surface area contributed by atoms with Crippen LogP contribution in [0, 0.1) is 0 Å². The summed E-state index contributed by atoms with van der Waals surface area (Å²) in [4.78, 5) is 11.7. The zero-order valence-electron chi connectivity index (χ0n) is 13.2. The van der Waals surface area contributed by atoms with E-state index >= 15 is 0 Å². The zero-order valence-corrected chi connectivity index (χ0v) is 14.0. The molecule has 0 amide bonds. The molecule has 0 bridgehead atoms. The van der Waals surface area contributed by atoms with Crippen LogP contribution in [0.15, 0.2) is 34.9 Å². The van der Waals surface area contributed by atoms with Gasteiger partial charge in [0.2, 0.25) is 0 Å². The average molecular weight is 354 g/mol. The quantitative estimate of drug-likeness (QED) is 0.758. The van der Waals surface area contributed by atoms with E-state index < -0.39 is 5.97 Å². The number of methoxy groups -OCH3 is 1. The molecule has 2 heterocycles. The van der Waals surface area contributed by atoms with Crippen molar-refractivity contribution in [2.45, 2.75) is 18.6 Å². The van der Waals surface area contributed by atoms with E-state index in [1.807, 2.05) is 18.2 Å². The van der Waals surface area contributed by atoms with Gasteiger partial charge in [0, 0.05) is 19.2 Å². The van der Waals surface area contributed by atoms with E-state index in [1.165, 1.54) is 0 Å². The first-order chi connectivity index (χ1) is 11.2. The number of carboxylic acid groups (broad SMARTS) is 1. The second-order valence-electron chi connectivity index (χ2n) is 5.42. The number of hydrogen-bond donors (Lipinski definition) is 3. The maximum Gasteiger partial charge on any atom is 0.343 e. The van der Waals surface area contributed by atoms with Gasteiger partial charge in [-0.15, -0.1) is 12.4 Å². The number of halogens is 1. The molecule has 2 atom stereocenters. The molecule has 0 saturated carbocycles. The van der Waals surface area contributed by atoms with Gasteiger partial charge in [0.15, 0.2) is 17.1 Å². The normalized spacial score (nSPS) is 20.2. The number of piperidine rings is 1. The van der Waals surface area contributed by atoms with Gasteiger partial charge in [0.25, 0.3) is 0 Å². The number of carbonyl (C=O) groups is 1. The van der Waals surface area contributed by atoms with Crippen molar-refractivity contribution in [3.8, 4) is 11.3 Å². The second-order valence-corrected chi connectivity index (χ2v) is 5.42. The predicted octanol–water partition coefficient (Wildman–Crippen LogP) is 2.25. The maximum atomic E-state index is 11.7. The Hall–Kier alpha value is -2.09. The Bertz CT molecular complexity index is 677. The summed E-state index contributed by atoms with van der Waals surface area (Å²) >= 11 is 0. The first kappa shape index (κ1) is 18.3. The van der Waals surface area contributed by atoms with Crippen LogP contribution in [0.3, 0.4) is 0 Å². The molecule has 1 aliphatic rings. The number of hydrogen-bond acceptors (Lipinski definition) is 6. The molecule has 2 aromatic rings. The third-order valence-corrected chi connectivity index (χ3v) is 3.99. The van der Waals surface area contributed by atoms with Gasteiger partial charge in [-0.05, 0) is 13.0 Å². The Morgan fingerprint density at radius 1 is 1.42 bits per heavy atom. The van der Waals surface area contributed by atoms with Crippen LogP contribution in [0.2, 0.25) is 0 Å². The summed E-state index contributed by atoms with van der Waals surface area (Å²) in [7, 11) is 1.65. The summed E-state index contributed by atoms with van der Waals surface area (Å²) in [6, 6.07) is 9.01. The summed E-state index contributed by atoms with van der Waals surface area (Å²) in [5, 5.41) is 19.9. The van der Waals surface area contributed by atoms with E-state index in [-0.39, 0.29) is 41.7 Å². The van der Waals surface area contributed by atoms with E-state index in [1.54, 1.807) is 19.2 Å². The number of aromatic carboxylic acids is 1. The minimum atomic E-state index is -1.08. The van der Waals surface area contributed by atoms with Crippen LogP contribution in [0.4, 0.5) is 5.82 Å². The molecule has 0 aliphatic carbocycles. The van der Waals surface area contributed by atoms with Crippen LogP contribution in [-0.4, -0.2) is 48.6 Å². The largest absolute Gasteiger partial charge is 0.477 e. The lowest BCUT2D eigenvalue weighted by Crippen LogP contribution is -2.49.